The van der Waals surface area contributed by atoms with Crippen LogP contribution in [0.5, 0.6) is 0 Å². The number of rotatable bonds is 5. The largest absolute Gasteiger partial charge is 0.361 e. The van der Waals surface area contributed by atoms with Crippen LogP contribution in [0, 0.1) is 0 Å². The second-order valence-corrected chi connectivity index (χ2v) is 9.69. The molecule has 0 aliphatic heterocycles. The van der Waals surface area contributed by atoms with E-state index in [1.807, 2.05) is 0 Å². The van der Waals surface area contributed by atoms with E-state index in [-0.39, 0.29) is 20.9 Å². The van der Waals surface area contributed by atoms with Crippen molar-refractivity contribution in [2.75, 3.05) is 0 Å². The molecule has 0 bridgehead atoms. The van der Waals surface area contributed by atoms with Crippen molar-refractivity contribution in [3.05, 3.63) is 107 Å². The number of aromatic nitrogens is 2. The molecule has 0 spiro atoms. The summed E-state index contributed by atoms with van der Waals surface area (Å²) in [4.78, 5) is 5.70. The quantitative estimate of drug-likeness (QED) is 0.329. The highest BCUT2D eigenvalue weighted by atomic mass is 32.2. The van der Waals surface area contributed by atoms with Crippen LogP contribution in [0.15, 0.2) is 88.8 Å². The third-order valence-corrected chi connectivity index (χ3v) is 6.63. The van der Waals surface area contributed by atoms with Gasteiger partial charge in [-0.2, -0.15) is 16.8 Å². The average molecular weight is 471 g/mol. The van der Waals surface area contributed by atoms with Gasteiger partial charge >= 0.3 is 0 Å². The Hall–Kier alpha value is -3.44. The van der Waals surface area contributed by atoms with E-state index in [0.29, 0.717) is 22.0 Å². The number of hydrogen-bond acceptors (Lipinski definition) is 4. The van der Waals surface area contributed by atoms with E-state index in [4.69, 9.17) is 0 Å². The molecule has 2 heterocycles. The minimum atomic E-state index is -4.49. The highest BCUT2D eigenvalue weighted by molar-refractivity contribution is 7.86. The molecule has 0 radical (unpaired) electrons. The number of benzene rings is 2. The molecule has 4 rings (SSSR count). The molecule has 0 aliphatic rings. The zero-order chi connectivity index (χ0) is 22.9. The van der Waals surface area contributed by atoms with E-state index in [1.54, 1.807) is 60.8 Å². The lowest BCUT2D eigenvalue weighted by molar-refractivity contribution is 0.480. The fraction of sp³-hybridized carbons (Fsp3) is 0. The smallest absolute Gasteiger partial charge is 0.295 e. The van der Waals surface area contributed by atoms with Crippen LogP contribution in [0.1, 0.15) is 16.8 Å². The molecule has 4 N–H and O–H groups in total. The summed E-state index contributed by atoms with van der Waals surface area (Å²) in [7, 11) is -8.91. The Morgan fingerprint density at radius 1 is 0.750 bits per heavy atom. The molecule has 0 aliphatic carbocycles. The molecule has 0 unspecified atom stereocenters. The van der Waals surface area contributed by atoms with Crippen molar-refractivity contribution in [3.63, 3.8) is 0 Å². The van der Waals surface area contributed by atoms with Crippen LogP contribution in [-0.4, -0.2) is 35.9 Å². The standard InChI is InChI=1S/C22H18N2O6S2/c25-31(26,27)20-9-3-1-6-15(20)14-16-11-12-19(24-16)22(18-8-5-13-23-18)17-7-2-4-10-21(17)32(28,29)30/h1-14,23-24H,(H,25,26,27)(H,28,29,30)/b16-14+,22-19-. The maximum Gasteiger partial charge on any atom is 0.295 e. The zero-order valence-corrected chi connectivity index (χ0v) is 18.1. The number of nitrogens with one attached hydrogen (secondary N) is 2. The minimum absolute atomic E-state index is 0.235. The van der Waals surface area contributed by atoms with Crippen LogP contribution in [0.3, 0.4) is 0 Å². The second kappa shape index (κ2) is 8.24. The maximum atomic E-state index is 12.0. The first-order valence-corrected chi connectivity index (χ1v) is 12.2. The van der Waals surface area contributed by atoms with Gasteiger partial charge in [-0.1, -0.05) is 36.4 Å². The normalized spacial score (nSPS) is 13.9. The molecule has 10 heteroatoms. The van der Waals surface area contributed by atoms with Crippen LogP contribution in [0.25, 0.3) is 11.6 Å². The zero-order valence-electron chi connectivity index (χ0n) is 16.4. The highest BCUT2D eigenvalue weighted by Gasteiger charge is 2.20. The Bertz CT molecular complexity index is 1620. The molecular formula is C22H18N2O6S2. The SMILES string of the molecule is O=S(=O)(O)c1ccccc1/C=c1\cc/c(=C(/c2ccc[nH]2)c2ccccc2S(=O)(=O)O)[nH]1. The lowest BCUT2D eigenvalue weighted by atomic mass is 10.0. The molecule has 0 saturated heterocycles. The summed E-state index contributed by atoms with van der Waals surface area (Å²) in [6, 6.07) is 19.0. The van der Waals surface area contributed by atoms with Gasteiger partial charge in [-0.05, 0) is 48.0 Å². The van der Waals surface area contributed by atoms with Gasteiger partial charge in [-0.25, -0.2) is 0 Å². The molecule has 0 amide bonds. The molecule has 0 fully saturated rings. The third-order valence-electron chi connectivity index (χ3n) is 4.79. The monoisotopic (exact) mass is 470 g/mol. The molecule has 0 saturated carbocycles. The Kier molecular flexibility index (Phi) is 5.61. The maximum absolute atomic E-state index is 12.0. The first kappa shape index (κ1) is 21.8. The Morgan fingerprint density at radius 3 is 2.06 bits per heavy atom. The van der Waals surface area contributed by atoms with Gasteiger partial charge in [0.1, 0.15) is 9.79 Å². The lowest BCUT2D eigenvalue weighted by Gasteiger charge is -2.10. The molecule has 0 atom stereocenters. The fourth-order valence-electron chi connectivity index (χ4n) is 3.46. The lowest BCUT2D eigenvalue weighted by Crippen LogP contribution is -2.16. The van der Waals surface area contributed by atoms with Crippen molar-refractivity contribution in [3.8, 4) is 0 Å². The van der Waals surface area contributed by atoms with E-state index in [1.165, 1.54) is 24.3 Å². The predicted octanol–water partition coefficient (Wildman–Crippen LogP) is 1.91. The highest BCUT2D eigenvalue weighted by Crippen LogP contribution is 2.26. The summed E-state index contributed by atoms with van der Waals surface area (Å²) in [5, 5.41) is 1.05. The molecule has 4 aromatic rings. The van der Waals surface area contributed by atoms with Gasteiger partial charge in [0.25, 0.3) is 20.2 Å². The van der Waals surface area contributed by atoms with E-state index >= 15 is 0 Å². The van der Waals surface area contributed by atoms with Gasteiger partial charge in [-0.3, -0.25) is 9.11 Å². The van der Waals surface area contributed by atoms with Gasteiger partial charge in [0.2, 0.25) is 0 Å². The number of aromatic amines is 2. The van der Waals surface area contributed by atoms with Crippen molar-refractivity contribution in [1.82, 2.24) is 9.97 Å². The summed E-state index contributed by atoms with van der Waals surface area (Å²) < 4.78 is 66.5. The summed E-state index contributed by atoms with van der Waals surface area (Å²) in [6.07, 6.45) is 3.23. The molecule has 8 nitrogen and oxygen atoms in total. The number of hydrogen-bond donors (Lipinski definition) is 4. The van der Waals surface area contributed by atoms with Gasteiger partial charge < -0.3 is 9.97 Å². The minimum Gasteiger partial charge on any atom is -0.361 e. The van der Waals surface area contributed by atoms with Gasteiger partial charge in [-0.15, -0.1) is 0 Å². The Morgan fingerprint density at radius 2 is 1.41 bits per heavy atom. The van der Waals surface area contributed by atoms with E-state index in [9.17, 15) is 25.9 Å². The number of H-pyrrole nitrogens is 2. The third kappa shape index (κ3) is 4.43. The van der Waals surface area contributed by atoms with Crippen LogP contribution < -0.4 is 10.7 Å². The molecule has 164 valence electrons. The molecule has 2 aromatic carbocycles. The summed E-state index contributed by atoms with van der Waals surface area (Å²) in [5.74, 6) is 0. The van der Waals surface area contributed by atoms with Gasteiger partial charge in [0, 0.05) is 33.7 Å². The van der Waals surface area contributed by atoms with Gasteiger partial charge in [0.15, 0.2) is 0 Å². The Labute approximate surface area is 184 Å². The summed E-state index contributed by atoms with van der Waals surface area (Å²) in [6.45, 7) is 0. The summed E-state index contributed by atoms with van der Waals surface area (Å²) in [5.41, 5.74) is 1.66. The second-order valence-electron chi connectivity index (χ2n) is 6.91. The topological polar surface area (TPSA) is 140 Å². The molecule has 32 heavy (non-hydrogen) atoms. The van der Waals surface area contributed by atoms with Crippen molar-refractivity contribution < 1.29 is 25.9 Å². The van der Waals surface area contributed by atoms with E-state index in [2.05, 4.69) is 9.97 Å². The van der Waals surface area contributed by atoms with Crippen LogP contribution in [-0.2, 0) is 20.2 Å². The van der Waals surface area contributed by atoms with Crippen molar-refractivity contribution in [1.29, 1.82) is 0 Å². The van der Waals surface area contributed by atoms with Crippen LogP contribution in [0.2, 0.25) is 0 Å². The van der Waals surface area contributed by atoms with Crippen molar-refractivity contribution in [2.24, 2.45) is 0 Å². The van der Waals surface area contributed by atoms with Crippen molar-refractivity contribution >= 4 is 31.9 Å². The predicted molar refractivity (Wildman–Crippen MR) is 119 cm³/mol. The first-order chi connectivity index (χ1) is 15.1. The van der Waals surface area contributed by atoms with Crippen LogP contribution in [0.4, 0.5) is 0 Å². The molecular weight excluding hydrogens is 452 g/mol. The average Bonchev–Trinajstić information content (AvgIpc) is 3.41. The van der Waals surface area contributed by atoms with E-state index < -0.39 is 20.2 Å². The van der Waals surface area contributed by atoms with E-state index in [0.717, 1.165) is 0 Å². The summed E-state index contributed by atoms with van der Waals surface area (Å²) >= 11 is 0. The first-order valence-electron chi connectivity index (χ1n) is 9.33. The Balaban J connectivity index is 2.00. The molecule has 2 aromatic heterocycles. The van der Waals surface area contributed by atoms with Crippen molar-refractivity contribution in [2.45, 2.75) is 9.79 Å². The fourth-order valence-corrected chi connectivity index (χ4v) is 4.84. The van der Waals surface area contributed by atoms with Crippen LogP contribution >= 0.6 is 0 Å². The van der Waals surface area contributed by atoms with Gasteiger partial charge in [0.05, 0.1) is 0 Å².